The zero-order chi connectivity index (χ0) is 16.3. The van der Waals surface area contributed by atoms with Crippen molar-refractivity contribution in [3.63, 3.8) is 0 Å². The highest BCUT2D eigenvalue weighted by Gasteiger charge is 2.55. The Morgan fingerprint density at radius 2 is 2.18 bits per heavy atom. The molecule has 2 rings (SSSR count). The molecule has 0 aromatic rings. The SMILES string of the molecule is C=C[C@@H](C)[C@H](O)[C@@H]1O[C@]2(CCCO2)[C@@H](C)[C@H](C)[C@H]1OCOC. The van der Waals surface area contributed by atoms with Crippen LogP contribution in [-0.2, 0) is 18.9 Å². The Kier molecular flexibility index (Phi) is 6.02. The van der Waals surface area contributed by atoms with Crippen molar-refractivity contribution in [3.8, 4) is 0 Å². The van der Waals surface area contributed by atoms with Gasteiger partial charge in [0.25, 0.3) is 0 Å². The van der Waals surface area contributed by atoms with E-state index in [1.807, 2.05) is 6.92 Å². The maximum Gasteiger partial charge on any atom is 0.171 e. The summed E-state index contributed by atoms with van der Waals surface area (Å²) in [6, 6.07) is 0. The van der Waals surface area contributed by atoms with Gasteiger partial charge in [-0.25, -0.2) is 0 Å². The van der Waals surface area contributed by atoms with Crippen LogP contribution in [0.4, 0.5) is 0 Å². The summed E-state index contributed by atoms with van der Waals surface area (Å²) in [5, 5.41) is 10.7. The lowest BCUT2D eigenvalue weighted by molar-refractivity contribution is -0.343. The van der Waals surface area contributed by atoms with Crippen molar-refractivity contribution in [3.05, 3.63) is 12.7 Å². The lowest BCUT2D eigenvalue weighted by atomic mass is 9.76. The molecule has 0 amide bonds. The monoisotopic (exact) mass is 314 g/mol. The van der Waals surface area contributed by atoms with E-state index in [9.17, 15) is 5.11 Å². The Bertz CT molecular complexity index is 366. The molecule has 5 heteroatoms. The maximum absolute atomic E-state index is 10.7. The number of aliphatic hydroxyl groups excluding tert-OH is 1. The molecule has 2 aliphatic rings. The molecule has 0 aromatic carbocycles. The molecule has 1 spiro atoms. The first-order valence-corrected chi connectivity index (χ1v) is 8.19. The van der Waals surface area contributed by atoms with Crippen molar-refractivity contribution < 1.29 is 24.1 Å². The largest absolute Gasteiger partial charge is 0.390 e. The lowest BCUT2D eigenvalue weighted by Gasteiger charge is -2.51. The van der Waals surface area contributed by atoms with Gasteiger partial charge in [0.2, 0.25) is 0 Å². The van der Waals surface area contributed by atoms with Crippen molar-refractivity contribution in [2.75, 3.05) is 20.5 Å². The van der Waals surface area contributed by atoms with E-state index in [2.05, 4.69) is 20.4 Å². The van der Waals surface area contributed by atoms with Crippen LogP contribution in [-0.4, -0.2) is 49.7 Å². The van der Waals surface area contributed by atoms with Crippen LogP contribution in [0.2, 0.25) is 0 Å². The second kappa shape index (κ2) is 7.41. The fraction of sp³-hybridized carbons (Fsp3) is 0.882. The fourth-order valence-corrected chi connectivity index (χ4v) is 3.57. The summed E-state index contributed by atoms with van der Waals surface area (Å²) in [5.41, 5.74) is 0. The number of hydrogen-bond donors (Lipinski definition) is 1. The normalized spacial score (nSPS) is 41.5. The number of aliphatic hydroxyl groups is 1. The topological polar surface area (TPSA) is 57.2 Å². The van der Waals surface area contributed by atoms with E-state index in [4.69, 9.17) is 18.9 Å². The molecule has 0 aromatic heterocycles. The second-order valence-corrected chi connectivity index (χ2v) is 6.62. The Labute approximate surface area is 133 Å². The van der Waals surface area contributed by atoms with Crippen LogP contribution < -0.4 is 0 Å². The fourth-order valence-electron chi connectivity index (χ4n) is 3.57. The second-order valence-electron chi connectivity index (χ2n) is 6.62. The molecule has 0 unspecified atom stereocenters. The molecule has 2 fully saturated rings. The minimum absolute atomic E-state index is 0.0855. The van der Waals surface area contributed by atoms with Gasteiger partial charge in [-0.3, -0.25) is 0 Å². The standard InChI is InChI=1S/C17H30O5/c1-6-11(2)14(18)16-15(20-10-19-5)12(3)13(4)17(22-16)8-7-9-21-17/h6,11-16,18H,1,7-10H2,2-5H3/t11-,12+,13+,14+,15-,16+,17-/m1/s1. The lowest BCUT2D eigenvalue weighted by Crippen LogP contribution is -2.61. The molecule has 0 bridgehead atoms. The molecule has 2 aliphatic heterocycles. The van der Waals surface area contributed by atoms with E-state index in [0.29, 0.717) is 6.61 Å². The Morgan fingerprint density at radius 3 is 2.73 bits per heavy atom. The average Bonchev–Trinajstić information content (AvgIpc) is 2.99. The molecule has 22 heavy (non-hydrogen) atoms. The van der Waals surface area contributed by atoms with Gasteiger partial charge in [0.05, 0.1) is 18.8 Å². The molecule has 2 heterocycles. The zero-order valence-corrected chi connectivity index (χ0v) is 14.2. The van der Waals surface area contributed by atoms with E-state index < -0.39 is 18.0 Å². The van der Waals surface area contributed by atoms with Crippen molar-refractivity contribution in [1.82, 2.24) is 0 Å². The molecular weight excluding hydrogens is 284 g/mol. The smallest absolute Gasteiger partial charge is 0.171 e. The number of methoxy groups -OCH3 is 1. The first-order valence-electron chi connectivity index (χ1n) is 8.19. The summed E-state index contributed by atoms with van der Waals surface area (Å²) in [5.74, 6) is -0.297. The van der Waals surface area contributed by atoms with Crippen LogP contribution >= 0.6 is 0 Å². The van der Waals surface area contributed by atoms with Gasteiger partial charge in [-0.05, 0) is 12.3 Å². The van der Waals surface area contributed by atoms with Gasteiger partial charge in [0, 0.05) is 25.4 Å². The summed E-state index contributed by atoms with van der Waals surface area (Å²) in [6.45, 7) is 10.9. The van der Waals surface area contributed by atoms with E-state index in [-0.39, 0.29) is 30.7 Å². The third kappa shape index (κ3) is 3.24. The highest BCUT2D eigenvalue weighted by Crippen LogP contribution is 2.46. The maximum atomic E-state index is 10.7. The zero-order valence-electron chi connectivity index (χ0n) is 14.2. The highest BCUT2D eigenvalue weighted by molar-refractivity contribution is 5.00. The van der Waals surface area contributed by atoms with Gasteiger partial charge in [-0.2, -0.15) is 0 Å². The minimum Gasteiger partial charge on any atom is -0.390 e. The van der Waals surface area contributed by atoms with Gasteiger partial charge in [0.15, 0.2) is 5.79 Å². The van der Waals surface area contributed by atoms with Crippen LogP contribution in [0.5, 0.6) is 0 Å². The van der Waals surface area contributed by atoms with Gasteiger partial charge in [0.1, 0.15) is 12.9 Å². The van der Waals surface area contributed by atoms with Gasteiger partial charge in [-0.1, -0.05) is 26.8 Å². The van der Waals surface area contributed by atoms with Gasteiger partial charge < -0.3 is 24.1 Å². The molecule has 1 N–H and O–H groups in total. The summed E-state index contributed by atoms with van der Waals surface area (Å²) in [7, 11) is 1.59. The van der Waals surface area contributed by atoms with Crippen molar-refractivity contribution >= 4 is 0 Å². The number of rotatable bonds is 6. The summed E-state index contributed by atoms with van der Waals surface area (Å²) in [6.07, 6.45) is 2.22. The van der Waals surface area contributed by atoms with E-state index in [0.717, 1.165) is 12.8 Å². The first-order chi connectivity index (χ1) is 10.5. The van der Waals surface area contributed by atoms with Gasteiger partial charge in [-0.15, -0.1) is 6.58 Å². The Hall–Kier alpha value is -0.460. The van der Waals surface area contributed by atoms with Crippen LogP contribution in [0.25, 0.3) is 0 Å². The summed E-state index contributed by atoms with van der Waals surface area (Å²) in [4.78, 5) is 0. The van der Waals surface area contributed by atoms with Crippen LogP contribution in [0.1, 0.15) is 33.6 Å². The third-order valence-electron chi connectivity index (χ3n) is 5.30. The quantitative estimate of drug-likeness (QED) is 0.602. The molecule has 0 saturated carbocycles. The first kappa shape index (κ1) is 17.9. The molecule has 0 aliphatic carbocycles. The van der Waals surface area contributed by atoms with E-state index in [1.54, 1.807) is 13.2 Å². The minimum atomic E-state index is -0.685. The van der Waals surface area contributed by atoms with Crippen molar-refractivity contribution in [2.24, 2.45) is 17.8 Å². The van der Waals surface area contributed by atoms with Crippen LogP contribution in [0.3, 0.4) is 0 Å². The summed E-state index contributed by atoms with van der Waals surface area (Å²) >= 11 is 0. The van der Waals surface area contributed by atoms with Crippen LogP contribution in [0, 0.1) is 17.8 Å². The van der Waals surface area contributed by atoms with E-state index in [1.165, 1.54) is 0 Å². The van der Waals surface area contributed by atoms with Gasteiger partial charge >= 0.3 is 0 Å². The van der Waals surface area contributed by atoms with Crippen molar-refractivity contribution in [1.29, 1.82) is 0 Å². The van der Waals surface area contributed by atoms with E-state index >= 15 is 0 Å². The molecule has 0 radical (unpaired) electrons. The third-order valence-corrected chi connectivity index (χ3v) is 5.30. The Morgan fingerprint density at radius 1 is 1.45 bits per heavy atom. The molecule has 7 atom stereocenters. The number of hydrogen-bond acceptors (Lipinski definition) is 5. The molecular formula is C17H30O5. The average molecular weight is 314 g/mol. The summed E-state index contributed by atoms with van der Waals surface area (Å²) < 4.78 is 23.2. The Balaban J connectivity index is 2.24. The molecule has 128 valence electrons. The molecule has 5 nitrogen and oxygen atoms in total. The van der Waals surface area contributed by atoms with Crippen LogP contribution in [0.15, 0.2) is 12.7 Å². The number of ether oxygens (including phenoxy) is 4. The highest BCUT2D eigenvalue weighted by atomic mass is 16.7. The predicted octanol–water partition coefficient (Wildman–Crippen LogP) is 2.34. The molecule has 2 saturated heterocycles. The predicted molar refractivity (Wildman–Crippen MR) is 83.2 cm³/mol. The van der Waals surface area contributed by atoms with Crippen molar-refractivity contribution in [2.45, 2.75) is 57.7 Å².